The molecule has 4 rings (SSSR count). The SMILES string of the molecule is COc1ccc(-n2c(SCc3cccc(C)c3)nnc2-c2ccccc2OC)cc1. The Balaban J connectivity index is 1.77. The van der Waals surface area contributed by atoms with Crippen molar-refractivity contribution >= 4 is 11.8 Å². The lowest BCUT2D eigenvalue weighted by atomic mass is 10.2. The maximum absolute atomic E-state index is 5.57. The van der Waals surface area contributed by atoms with E-state index in [2.05, 4.69) is 46.0 Å². The van der Waals surface area contributed by atoms with E-state index in [0.29, 0.717) is 0 Å². The van der Waals surface area contributed by atoms with Crippen LogP contribution in [0, 0.1) is 6.92 Å². The van der Waals surface area contributed by atoms with Gasteiger partial charge in [0, 0.05) is 5.75 Å². The molecule has 0 fully saturated rings. The summed E-state index contributed by atoms with van der Waals surface area (Å²) in [5.74, 6) is 3.11. The van der Waals surface area contributed by atoms with Crippen LogP contribution in [0.25, 0.3) is 17.1 Å². The molecule has 0 aliphatic rings. The van der Waals surface area contributed by atoms with Crippen LogP contribution in [-0.2, 0) is 5.75 Å². The van der Waals surface area contributed by atoms with Crippen LogP contribution in [0.3, 0.4) is 0 Å². The summed E-state index contributed by atoms with van der Waals surface area (Å²) < 4.78 is 13.0. The molecule has 0 saturated carbocycles. The van der Waals surface area contributed by atoms with Crippen LogP contribution in [0.1, 0.15) is 11.1 Å². The van der Waals surface area contributed by atoms with Gasteiger partial charge in [0.1, 0.15) is 11.5 Å². The van der Waals surface area contributed by atoms with Gasteiger partial charge in [0.05, 0.1) is 25.5 Å². The van der Waals surface area contributed by atoms with Crippen molar-refractivity contribution in [2.24, 2.45) is 0 Å². The van der Waals surface area contributed by atoms with E-state index in [4.69, 9.17) is 9.47 Å². The van der Waals surface area contributed by atoms with Gasteiger partial charge in [-0.1, -0.05) is 53.7 Å². The molecule has 6 heteroatoms. The zero-order valence-electron chi connectivity index (χ0n) is 17.2. The molecule has 0 radical (unpaired) electrons. The van der Waals surface area contributed by atoms with E-state index in [-0.39, 0.29) is 0 Å². The molecule has 30 heavy (non-hydrogen) atoms. The van der Waals surface area contributed by atoms with Crippen LogP contribution >= 0.6 is 11.8 Å². The Morgan fingerprint density at radius 2 is 1.67 bits per heavy atom. The molecule has 0 atom stereocenters. The smallest absolute Gasteiger partial charge is 0.196 e. The first-order valence-electron chi connectivity index (χ1n) is 9.61. The number of ether oxygens (including phenoxy) is 2. The highest BCUT2D eigenvalue weighted by atomic mass is 32.2. The van der Waals surface area contributed by atoms with Crippen molar-refractivity contribution < 1.29 is 9.47 Å². The molecule has 0 aliphatic heterocycles. The minimum atomic E-state index is 0.740. The van der Waals surface area contributed by atoms with Gasteiger partial charge in [0.2, 0.25) is 0 Å². The Labute approximate surface area is 180 Å². The second-order valence-electron chi connectivity index (χ2n) is 6.82. The van der Waals surface area contributed by atoms with Crippen molar-refractivity contribution in [3.63, 3.8) is 0 Å². The Morgan fingerprint density at radius 3 is 2.40 bits per heavy atom. The summed E-state index contributed by atoms with van der Waals surface area (Å²) in [5, 5.41) is 9.86. The van der Waals surface area contributed by atoms with E-state index in [0.717, 1.165) is 39.5 Å². The number of aromatic nitrogens is 3. The third-order valence-corrected chi connectivity index (χ3v) is 5.76. The van der Waals surface area contributed by atoms with Crippen LogP contribution in [-0.4, -0.2) is 29.0 Å². The largest absolute Gasteiger partial charge is 0.497 e. The first-order chi connectivity index (χ1) is 14.7. The van der Waals surface area contributed by atoms with Gasteiger partial charge in [-0.05, 0) is 48.9 Å². The highest BCUT2D eigenvalue weighted by Gasteiger charge is 2.19. The van der Waals surface area contributed by atoms with Gasteiger partial charge in [-0.25, -0.2) is 0 Å². The fraction of sp³-hybridized carbons (Fsp3) is 0.167. The van der Waals surface area contributed by atoms with Gasteiger partial charge in [0.15, 0.2) is 11.0 Å². The highest BCUT2D eigenvalue weighted by Crippen LogP contribution is 2.34. The molecule has 4 aromatic rings. The summed E-state index contributed by atoms with van der Waals surface area (Å²) in [6, 6.07) is 24.3. The van der Waals surface area contributed by atoms with Crippen molar-refractivity contribution in [2.45, 2.75) is 17.8 Å². The minimum Gasteiger partial charge on any atom is -0.497 e. The number of benzene rings is 3. The number of methoxy groups -OCH3 is 2. The van der Waals surface area contributed by atoms with Crippen molar-refractivity contribution in [3.05, 3.63) is 83.9 Å². The fourth-order valence-corrected chi connectivity index (χ4v) is 4.18. The number of thioether (sulfide) groups is 1. The summed E-state index contributed by atoms with van der Waals surface area (Å²) in [5.41, 5.74) is 4.36. The molecule has 0 N–H and O–H groups in total. The van der Waals surface area contributed by atoms with Crippen LogP contribution in [0.4, 0.5) is 0 Å². The van der Waals surface area contributed by atoms with Crippen LogP contribution in [0.2, 0.25) is 0 Å². The zero-order chi connectivity index (χ0) is 20.9. The Morgan fingerprint density at radius 1 is 0.867 bits per heavy atom. The van der Waals surface area contributed by atoms with Crippen molar-refractivity contribution in [1.82, 2.24) is 14.8 Å². The first kappa shape index (κ1) is 20.0. The van der Waals surface area contributed by atoms with E-state index < -0.39 is 0 Å². The van der Waals surface area contributed by atoms with Gasteiger partial charge in [-0.3, -0.25) is 4.57 Å². The maximum Gasteiger partial charge on any atom is 0.196 e. The standard InChI is InChI=1S/C24H23N3O2S/c1-17-7-6-8-18(15-17)16-30-24-26-25-23(21-9-4-5-10-22(21)29-3)27(24)19-11-13-20(28-2)14-12-19/h4-15H,16H2,1-3H3. The molecule has 0 bridgehead atoms. The number of aryl methyl sites for hydroxylation is 1. The maximum atomic E-state index is 5.57. The normalized spacial score (nSPS) is 10.8. The molecule has 5 nitrogen and oxygen atoms in total. The average Bonchev–Trinajstić information content (AvgIpc) is 3.21. The highest BCUT2D eigenvalue weighted by molar-refractivity contribution is 7.98. The predicted molar refractivity (Wildman–Crippen MR) is 121 cm³/mol. The first-order valence-corrected chi connectivity index (χ1v) is 10.6. The lowest BCUT2D eigenvalue weighted by Gasteiger charge is -2.13. The summed E-state index contributed by atoms with van der Waals surface area (Å²) in [6.45, 7) is 2.10. The molecule has 0 unspecified atom stereocenters. The average molecular weight is 418 g/mol. The van der Waals surface area contributed by atoms with Gasteiger partial charge in [0.25, 0.3) is 0 Å². The Hall–Kier alpha value is -3.25. The molecule has 3 aromatic carbocycles. The fourth-order valence-electron chi connectivity index (χ4n) is 3.28. The number of rotatable bonds is 7. The molecule has 0 amide bonds. The zero-order valence-corrected chi connectivity index (χ0v) is 18.0. The number of hydrogen-bond acceptors (Lipinski definition) is 5. The summed E-state index contributed by atoms with van der Waals surface area (Å²) >= 11 is 1.66. The molecule has 1 aromatic heterocycles. The van der Waals surface area contributed by atoms with Gasteiger partial charge >= 0.3 is 0 Å². The van der Waals surface area contributed by atoms with E-state index in [9.17, 15) is 0 Å². The molecule has 0 aliphatic carbocycles. The molecule has 1 heterocycles. The van der Waals surface area contributed by atoms with Crippen molar-refractivity contribution in [2.75, 3.05) is 14.2 Å². The van der Waals surface area contributed by atoms with E-state index in [1.807, 2.05) is 48.5 Å². The molecule has 0 spiro atoms. The number of nitrogens with zero attached hydrogens (tertiary/aromatic N) is 3. The van der Waals surface area contributed by atoms with Gasteiger partial charge in [-0.2, -0.15) is 0 Å². The number of para-hydroxylation sites is 1. The summed E-state index contributed by atoms with van der Waals surface area (Å²) in [7, 11) is 3.33. The Kier molecular flexibility index (Phi) is 6.05. The van der Waals surface area contributed by atoms with Crippen LogP contribution in [0.5, 0.6) is 11.5 Å². The van der Waals surface area contributed by atoms with E-state index in [1.165, 1.54) is 11.1 Å². The lowest BCUT2D eigenvalue weighted by Crippen LogP contribution is -2.01. The quantitative estimate of drug-likeness (QED) is 0.369. The van der Waals surface area contributed by atoms with Gasteiger partial charge in [-0.15, -0.1) is 10.2 Å². The monoisotopic (exact) mass is 417 g/mol. The third-order valence-electron chi connectivity index (χ3n) is 4.76. The number of hydrogen-bond donors (Lipinski definition) is 0. The van der Waals surface area contributed by atoms with Crippen molar-refractivity contribution in [1.29, 1.82) is 0 Å². The van der Waals surface area contributed by atoms with Crippen LogP contribution < -0.4 is 9.47 Å². The lowest BCUT2D eigenvalue weighted by molar-refractivity contribution is 0.414. The second kappa shape index (κ2) is 9.05. The summed E-state index contributed by atoms with van der Waals surface area (Å²) in [6.07, 6.45) is 0. The molecular formula is C24H23N3O2S. The molecule has 152 valence electrons. The summed E-state index contributed by atoms with van der Waals surface area (Å²) in [4.78, 5) is 0. The molecular weight excluding hydrogens is 394 g/mol. The minimum absolute atomic E-state index is 0.740. The Bertz CT molecular complexity index is 1140. The van der Waals surface area contributed by atoms with Crippen molar-refractivity contribution in [3.8, 4) is 28.6 Å². The topological polar surface area (TPSA) is 49.2 Å². The van der Waals surface area contributed by atoms with E-state index in [1.54, 1.807) is 26.0 Å². The van der Waals surface area contributed by atoms with Gasteiger partial charge < -0.3 is 9.47 Å². The second-order valence-corrected chi connectivity index (χ2v) is 7.76. The molecule has 0 saturated heterocycles. The predicted octanol–water partition coefficient (Wildman–Crippen LogP) is 5.55. The van der Waals surface area contributed by atoms with Crippen LogP contribution in [0.15, 0.2) is 78.0 Å². The third kappa shape index (κ3) is 4.19. The van der Waals surface area contributed by atoms with E-state index >= 15 is 0 Å².